The summed E-state index contributed by atoms with van der Waals surface area (Å²) >= 11 is 0. The summed E-state index contributed by atoms with van der Waals surface area (Å²) in [7, 11) is 0. The zero-order chi connectivity index (χ0) is 15.1. The van der Waals surface area contributed by atoms with Gasteiger partial charge in [-0.05, 0) is 0 Å². The Bertz CT molecular complexity index is 459. The predicted molar refractivity (Wildman–Crippen MR) is 73.7 cm³/mol. The number of aliphatic hydroxyl groups is 2. The van der Waals surface area contributed by atoms with Gasteiger partial charge >= 0.3 is 0 Å². The first-order valence-corrected chi connectivity index (χ1v) is 6.80. The number of nitrogens with one attached hydrogen (secondary N) is 1. The SMILES string of the molecule is O=C(NC[C@]1(O)COCCN(CCO)C1)c1cnccn1. The lowest BCUT2D eigenvalue weighted by Gasteiger charge is -2.30. The van der Waals surface area contributed by atoms with E-state index in [1.807, 2.05) is 4.90 Å². The second-order valence-corrected chi connectivity index (χ2v) is 5.05. The number of hydrogen-bond acceptors (Lipinski definition) is 7. The maximum atomic E-state index is 11.9. The van der Waals surface area contributed by atoms with Gasteiger partial charge in [-0.2, -0.15) is 0 Å². The van der Waals surface area contributed by atoms with Crippen molar-refractivity contribution < 1.29 is 19.7 Å². The molecule has 1 atom stereocenters. The fraction of sp³-hybridized carbons (Fsp3) is 0.615. The quantitative estimate of drug-likeness (QED) is 0.592. The van der Waals surface area contributed by atoms with E-state index in [0.29, 0.717) is 26.2 Å². The Kier molecular flexibility index (Phi) is 5.57. The van der Waals surface area contributed by atoms with Crippen molar-refractivity contribution in [2.45, 2.75) is 5.60 Å². The molecular formula is C13H20N4O4. The molecule has 0 bridgehead atoms. The first kappa shape index (κ1) is 15.8. The van der Waals surface area contributed by atoms with Crippen molar-refractivity contribution in [3.8, 4) is 0 Å². The van der Waals surface area contributed by atoms with E-state index in [1.54, 1.807) is 0 Å². The minimum Gasteiger partial charge on any atom is -0.395 e. The van der Waals surface area contributed by atoms with Crippen LogP contribution in [0.2, 0.25) is 0 Å². The van der Waals surface area contributed by atoms with Crippen molar-refractivity contribution in [2.75, 3.05) is 46.0 Å². The number of carbonyl (C=O) groups excluding carboxylic acids is 1. The maximum absolute atomic E-state index is 11.9. The minimum absolute atomic E-state index is 0.0159. The van der Waals surface area contributed by atoms with Crippen LogP contribution in [-0.4, -0.2) is 82.6 Å². The van der Waals surface area contributed by atoms with Crippen molar-refractivity contribution >= 4 is 5.91 Å². The lowest BCUT2D eigenvalue weighted by atomic mass is 10.1. The van der Waals surface area contributed by atoms with Crippen LogP contribution in [-0.2, 0) is 4.74 Å². The Balaban J connectivity index is 1.92. The normalized spacial score (nSPS) is 23.5. The molecule has 0 aliphatic carbocycles. The molecule has 2 rings (SSSR count). The summed E-state index contributed by atoms with van der Waals surface area (Å²) in [5, 5.41) is 22.2. The fourth-order valence-electron chi connectivity index (χ4n) is 2.19. The maximum Gasteiger partial charge on any atom is 0.271 e. The number of hydrogen-bond donors (Lipinski definition) is 3. The van der Waals surface area contributed by atoms with Crippen LogP contribution in [0.1, 0.15) is 10.5 Å². The summed E-state index contributed by atoms with van der Waals surface area (Å²) in [5.74, 6) is -0.394. The summed E-state index contributed by atoms with van der Waals surface area (Å²) in [6.07, 6.45) is 4.28. The number of amides is 1. The topological polar surface area (TPSA) is 108 Å². The first-order valence-electron chi connectivity index (χ1n) is 6.80. The van der Waals surface area contributed by atoms with Crippen LogP contribution in [0.15, 0.2) is 18.6 Å². The largest absolute Gasteiger partial charge is 0.395 e. The number of β-amino-alcohol motifs (C(OH)–C–C–N with tert-alkyl or cyclic N) is 2. The molecule has 21 heavy (non-hydrogen) atoms. The smallest absolute Gasteiger partial charge is 0.271 e. The summed E-state index contributed by atoms with van der Waals surface area (Å²) < 4.78 is 5.37. The van der Waals surface area contributed by atoms with E-state index in [1.165, 1.54) is 18.6 Å². The highest BCUT2D eigenvalue weighted by Crippen LogP contribution is 2.11. The molecule has 8 nitrogen and oxygen atoms in total. The van der Waals surface area contributed by atoms with E-state index < -0.39 is 11.5 Å². The molecule has 1 aliphatic heterocycles. The van der Waals surface area contributed by atoms with E-state index in [0.717, 1.165) is 0 Å². The molecule has 1 amide bonds. The zero-order valence-electron chi connectivity index (χ0n) is 11.7. The monoisotopic (exact) mass is 296 g/mol. The third-order valence-corrected chi connectivity index (χ3v) is 3.23. The molecule has 1 fully saturated rings. The molecule has 1 aliphatic rings. The lowest BCUT2D eigenvalue weighted by Crippen LogP contribution is -2.52. The summed E-state index contributed by atoms with van der Waals surface area (Å²) in [6, 6.07) is 0. The van der Waals surface area contributed by atoms with Crippen LogP contribution >= 0.6 is 0 Å². The average Bonchev–Trinajstić information content (AvgIpc) is 2.68. The van der Waals surface area contributed by atoms with Gasteiger partial charge in [0, 0.05) is 32.0 Å². The van der Waals surface area contributed by atoms with Gasteiger partial charge in [0.15, 0.2) is 0 Å². The van der Waals surface area contributed by atoms with Gasteiger partial charge in [-0.3, -0.25) is 14.7 Å². The Morgan fingerprint density at radius 1 is 1.52 bits per heavy atom. The van der Waals surface area contributed by atoms with E-state index in [4.69, 9.17) is 9.84 Å². The molecule has 1 saturated heterocycles. The molecule has 116 valence electrons. The molecular weight excluding hydrogens is 276 g/mol. The first-order chi connectivity index (χ1) is 10.1. The van der Waals surface area contributed by atoms with Crippen molar-refractivity contribution in [1.82, 2.24) is 20.2 Å². The Morgan fingerprint density at radius 3 is 3.10 bits per heavy atom. The number of aliphatic hydroxyl groups excluding tert-OH is 1. The second kappa shape index (κ2) is 7.41. The average molecular weight is 296 g/mol. The number of ether oxygens (including phenoxy) is 1. The highest BCUT2D eigenvalue weighted by atomic mass is 16.5. The van der Waals surface area contributed by atoms with Crippen LogP contribution in [0.5, 0.6) is 0 Å². The van der Waals surface area contributed by atoms with Gasteiger partial charge in [0.2, 0.25) is 0 Å². The van der Waals surface area contributed by atoms with Gasteiger partial charge in [0.1, 0.15) is 11.3 Å². The molecule has 0 spiro atoms. The van der Waals surface area contributed by atoms with Gasteiger partial charge in [0.25, 0.3) is 5.91 Å². The van der Waals surface area contributed by atoms with Gasteiger partial charge in [-0.1, -0.05) is 0 Å². The molecule has 1 aromatic rings. The van der Waals surface area contributed by atoms with Gasteiger partial charge in [-0.15, -0.1) is 0 Å². The number of carbonyl (C=O) groups is 1. The van der Waals surface area contributed by atoms with Crippen LogP contribution in [0.3, 0.4) is 0 Å². The standard InChI is InChI=1S/C13H20N4O4/c18-5-3-17-4-6-21-10-13(20,9-17)8-16-12(19)11-7-14-1-2-15-11/h1-2,7,18,20H,3-6,8-10H2,(H,16,19)/t13-/m1/s1. The Morgan fingerprint density at radius 2 is 2.38 bits per heavy atom. The summed E-state index contributed by atoms with van der Waals surface area (Å²) in [6.45, 7) is 2.11. The highest BCUT2D eigenvalue weighted by molar-refractivity contribution is 5.91. The molecule has 8 heteroatoms. The predicted octanol–water partition coefficient (Wildman–Crippen LogP) is -1.74. The van der Waals surface area contributed by atoms with Crippen molar-refractivity contribution in [3.63, 3.8) is 0 Å². The van der Waals surface area contributed by atoms with Crippen molar-refractivity contribution in [2.24, 2.45) is 0 Å². The summed E-state index contributed by atoms with van der Waals surface area (Å²) in [5.41, 5.74) is -0.994. The van der Waals surface area contributed by atoms with E-state index in [2.05, 4.69) is 15.3 Å². The Labute approximate surface area is 122 Å². The van der Waals surface area contributed by atoms with E-state index >= 15 is 0 Å². The molecule has 0 unspecified atom stereocenters. The van der Waals surface area contributed by atoms with Crippen LogP contribution < -0.4 is 5.32 Å². The van der Waals surface area contributed by atoms with Crippen molar-refractivity contribution in [1.29, 1.82) is 0 Å². The van der Waals surface area contributed by atoms with Gasteiger partial charge in [0.05, 0.1) is 32.6 Å². The zero-order valence-corrected chi connectivity index (χ0v) is 11.7. The molecule has 3 N–H and O–H groups in total. The van der Waals surface area contributed by atoms with Crippen LogP contribution in [0.4, 0.5) is 0 Å². The van der Waals surface area contributed by atoms with Gasteiger partial charge in [-0.25, -0.2) is 4.98 Å². The second-order valence-electron chi connectivity index (χ2n) is 5.05. The van der Waals surface area contributed by atoms with Crippen molar-refractivity contribution in [3.05, 3.63) is 24.3 Å². The van der Waals surface area contributed by atoms with E-state index in [9.17, 15) is 9.90 Å². The van der Waals surface area contributed by atoms with Crippen LogP contribution in [0.25, 0.3) is 0 Å². The Hall–Kier alpha value is -1.61. The van der Waals surface area contributed by atoms with Crippen LogP contribution in [0, 0.1) is 0 Å². The number of aromatic nitrogens is 2. The molecule has 2 heterocycles. The molecule has 0 radical (unpaired) electrons. The molecule has 0 aromatic carbocycles. The lowest BCUT2D eigenvalue weighted by molar-refractivity contribution is -0.0347. The van der Waals surface area contributed by atoms with Gasteiger partial charge < -0.3 is 20.3 Å². The fourth-order valence-corrected chi connectivity index (χ4v) is 2.19. The highest BCUT2D eigenvalue weighted by Gasteiger charge is 2.32. The third kappa shape index (κ3) is 4.71. The number of nitrogens with zero attached hydrogens (tertiary/aromatic N) is 3. The minimum atomic E-state index is -1.19. The molecule has 1 aromatic heterocycles. The number of rotatable bonds is 5. The molecule has 0 saturated carbocycles. The van der Waals surface area contributed by atoms with E-state index in [-0.39, 0.29) is 25.5 Å². The summed E-state index contributed by atoms with van der Waals surface area (Å²) in [4.78, 5) is 21.5. The third-order valence-electron chi connectivity index (χ3n) is 3.23.